The maximum atomic E-state index is 13.4. The Morgan fingerprint density at radius 2 is 1.77 bits per heavy atom. The zero-order valence-corrected chi connectivity index (χ0v) is 18.0. The number of carbonyl (C=O) groups is 2. The lowest BCUT2D eigenvalue weighted by molar-refractivity contribution is -0.118. The van der Waals surface area contributed by atoms with Crippen LogP contribution < -0.4 is 4.90 Å². The number of carboxylic acids is 1. The molecule has 1 amide bonds. The predicted octanol–water partition coefficient (Wildman–Crippen LogP) is 5.94. The molecule has 0 saturated heterocycles. The summed E-state index contributed by atoms with van der Waals surface area (Å²) in [6.07, 6.45) is 0.503. The number of hydrogen-bond acceptors (Lipinski definition) is 3. The van der Waals surface area contributed by atoms with E-state index in [1.165, 1.54) is 11.8 Å². The van der Waals surface area contributed by atoms with Crippen molar-refractivity contribution >= 4 is 52.5 Å². The van der Waals surface area contributed by atoms with Gasteiger partial charge in [-0.1, -0.05) is 53.5 Å². The van der Waals surface area contributed by atoms with E-state index in [1.807, 2.05) is 30.3 Å². The number of aromatic carboxylic acids is 1. The summed E-state index contributed by atoms with van der Waals surface area (Å²) in [5.74, 6) is -0.975. The minimum absolute atomic E-state index is 0.00738. The minimum atomic E-state index is -0.968. The summed E-state index contributed by atoms with van der Waals surface area (Å²) in [6.45, 7) is 0.348. The standard InChI is InChI=1S/C23H17Cl2NO3S/c24-17-10-9-16(18(25)12-17)13-26-19-3-1-2-4-20(19)30-21(22(26)27)11-14-5-7-15(8-6-14)23(28)29/h1-10,12,21H,11,13H2,(H,28,29)/t21-/m0/s1. The summed E-state index contributed by atoms with van der Waals surface area (Å²) in [5, 5.41) is 9.83. The lowest BCUT2D eigenvalue weighted by Crippen LogP contribution is -2.41. The number of nitrogens with zero attached hydrogens (tertiary/aromatic N) is 1. The molecule has 7 heteroatoms. The molecule has 3 aromatic rings. The third-order valence-corrected chi connectivity index (χ3v) is 6.77. The summed E-state index contributed by atoms with van der Waals surface area (Å²) < 4.78 is 0. The normalized spacial score (nSPS) is 15.7. The van der Waals surface area contributed by atoms with Crippen LogP contribution in [-0.2, 0) is 17.8 Å². The minimum Gasteiger partial charge on any atom is -0.478 e. The smallest absolute Gasteiger partial charge is 0.335 e. The number of hydrogen-bond donors (Lipinski definition) is 1. The van der Waals surface area contributed by atoms with Crippen LogP contribution in [0.5, 0.6) is 0 Å². The Balaban J connectivity index is 1.62. The Morgan fingerprint density at radius 3 is 2.47 bits per heavy atom. The van der Waals surface area contributed by atoms with Gasteiger partial charge in [-0.05, 0) is 53.9 Å². The fourth-order valence-electron chi connectivity index (χ4n) is 3.39. The number of para-hydroxylation sites is 1. The maximum absolute atomic E-state index is 13.4. The second kappa shape index (κ2) is 8.72. The first-order valence-corrected chi connectivity index (χ1v) is 10.9. The average molecular weight is 458 g/mol. The summed E-state index contributed by atoms with van der Waals surface area (Å²) in [6, 6.07) is 19.7. The molecule has 0 bridgehead atoms. The van der Waals surface area contributed by atoms with Crippen molar-refractivity contribution in [2.45, 2.75) is 23.1 Å². The van der Waals surface area contributed by atoms with Gasteiger partial charge in [0.2, 0.25) is 5.91 Å². The molecule has 3 aromatic carbocycles. The Hall–Kier alpha value is -2.47. The Kier molecular flexibility index (Phi) is 6.04. The number of benzene rings is 3. The molecule has 0 fully saturated rings. The number of thioether (sulfide) groups is 1. The van der Waals surface area contributed by atoms with Gasteiger partial charge in [-0.2, -0.15) is 0 Å². The molecule has 1 aliphatic heterocycles. The quantitative estimate of drug-likeness (QED) is 0.514. The Morgan fingerprint density at radius 1 is 1.03 bits per heavy atom. The van der Waals surface area contributed by atoms with E-state index in [-0.39, 0.29) is 16.7 Å². The number of carbonyl (C=O) groups excluding carboxylic acids is 1. The van der Waals surface area contributed by atoms with E-state index in [1.54, 1.807) is 41.3 Å². The van der Waals surface area contributed by atoms with Crippen molar-refractivity contribution in [3.63, 3.8) is 0 Å². The van der Waals surface area contributed by atoms with E-state index < -0.39 is 5.97 Å². The predicted molar refractivity (Wildman–Crippen MR) is 121 cm³/mol. The molecule has 1 heterocycles. The van der Waals surface area contributed by atoms with Crippen LogP contribution in [0.1, 0.15) is 21.5 Å². The molecular weight excluding hydrogens is 441 g/mol. The number of rotatable bonds is 5. The zero-order chi connectivity index (χ0) is 21.3. The van der Waals surface area contributed by atoms with Gasteiger partial charge in [0.25, 0.3) is 0 Å². The van der Waals surface area contributed by atoms with E-state index in [4.69, 9.17) is 28.3 Å². The SMILES string of the molecule is O=C(O)c1ccc(C[C@@H]2Sc3ccccc3N(Cc3ccc(Cl)cc3Cl)C2=O)cc1. The van der Waals surface area contributed by atoms with Crippen LogP contribution in [0.15, 0.2) is 71.6 Å². The van der Waals surface area contributed by atoms with Crippen molar-refractivity contribution in [3.8, 4) is 0 Å². The molecule has 0 spiro atoms. The molecule has 1 atom stereocenters. The summed E-state index contributed by atoms with van der Waals surface area (Å²) >= 11 is 13.9. The van der Waals surface area contributed by atoms with Gasteiger partial charge in [0.15, 0.2) is 0 Å². The summed E-state index contributed by atoms with van der Waals surface area (Å²) in [4.78, 5) is 27.2. The first kappa shape index (κ1) is 20.8. The molecule has 4 nitrogen and oxygen atoms in total. The first-order valence-electron chi connectivity index (χ1n) is 9.25. The monoisotopic (exact) mass is 457 g/mol. The topological polar surface area (TPSA) is 57.6 Å². The van der Waals surface area contributed by atoms with E-state index in [9.17, 15) is 9.59 Å². The molecule has 0 unspecified atom stereocenters. The molecule has 152 valence electrons. The molecule has 1 aliphatic rings. The Labute approximate surface area is 188 Å². The fraction of sp³-hybridized carbons (Fsp3) is 0.130. The van der Waals surface area contributed by atoms with Gasteiger partial charge >= 0.3 is 5.97 Å². The highest BCUT2D eigenvalue weighted by molar-refractivity contribution is 8.01. The van der Waals surface area contributed by atoms with Crippen LogP contribution in [0.2, 0.25) is 10.0 Å². The molecule has 0 saturated carbocycles. The number of anilines is 1. The highest BCUT2D eigenvalue weighted by Crippen LogP contribution is 2.41. The summed E-state index contributed by atoms with van der Waals surface area (Å²) in [5.41, 5.74) is 2.82. The zero-order valence-electron chi connectivity index (χ0n) is 15.7. The highest BCUT2D eigenvalue weighted by atomic mass is 35.5. The van der Waals surface area contributed by atoms with Crippen LogP contribution in [-0.4, -0.2) is 22.2 Å². The average Bonchev–Trinajstić information content (AvgIpc) is 2.73. The van der Waals surface area contributed by atoms with Crippen molar-refractivity contribution in [3.05, 3.63) is 93.5 Å². The second-order valence-electron chi connectivity index (χ2n) is 6.94. The van der Waals surface area contributed by atoms with E-state index in [0.717, 1.165) is 21.7 Å². The van der Waals surface area contributed by atoms with Gasteiger partial charge in [0.05, 0.1) is 23.0 Å². The van der Waals surface area contributed by atoms with E-state index in [0.29, 0.717) is 23.0 Å². The van der Waals surface area contributed by atoms with Gasteiger partial charge in [-0.15, -0.1) is 11.8 Å². The number of amides is 1. The van der Waals surface area contributed by atoms with Gasteiger partial charge in [0.1, 0.15) is 0 Å². The lowest BCUT2D eigenvalue weighted by atomic mass is 10.1. The third-order valence-electron chi connectivity index (χ3n) is 4.93. The van der Waals surface area contributed by atoms with Gasteiger partial charge in [-0.25, -0.2) is 4.79 Å². The van der Waals surface area contributed by atoms with Crippen LogP contribution in [0.25, 0.3) is 0 Å². The third kappa shape index (κ3) is 4.33. The number of fused-ring (bicyclic) bond motifs is 1. The molecule has 0 radical (unpaired) electrons. The lowest BCUT2D eigenvalue weighted by Gasteiger charge is -2.34. The van der Waals surface area contributed by atoms with Crippen molar-refractivity contribution in [1.29, 1.82) is 0 Å². The molecular formula is C23H17Cl2NO3S. The van der Waals surface area contributed by atoms with E-state index >= 15 is 0 Å². The van der Waals surface area contributed by atoms with Gasteiger partial charge in [-0.3, -0.25) is 4.79 Å². The van der Waals surface area contributed by atoms with Crippen LogP contribution >= 0.6 is 35.0 Å². The molecule has 30 heavy (non-hydrogen) atoms. The second-order valence-corrected chi connectivity index (χ2v) is 9.03. The highest BCUT2D eigenvalue weighted by Gasteiger charge is 2.33. The van der Waals surface area contributed by atoms with Crippen LogP contribution in [0.3, 0.4) is 0 Å². The molecule has 0 aliphatic carbocycles. The molecule has 4 rings (SSSR count). The van der Waals surface area contributed by atoms with E-state index in [2.05, 4.69) is 0 Å². The van der Waals surface area contributed by atoms with Gasteiger partial charge < -0.3 is 10.0 Å². The number of carboxylic acid groups (broad SMARTS) is 1. The van der Waals surface area contributed by atoms with Crippen molar-refractivity contribution in [2.24, 2.45) is 0 Å². The largest absolute Gasteiger partial charge is 0.478 e. The summed E-state index contributed by atoms with van der Waals surface area (Å²) in [7, 11) is 0. The first-order chi connectivity index (χ1) is 14.4. The molecule has 0 aromatic heterocycles. The van der Waals surface area contributed by atoms with Crippen molar-refractivity contribution in [2.75, 3.05) is 4.90 Å². The van der Waals surface area contributed by atoms with Crippen molar-refractivity contribution in [1.82, 2.24) is 0 Å². The number of halogens is 2. The van der Waals surface area contributed by atoms with Gasteiger partial charge in [0, 0.05) is 14.9 Å². The van der Waals surface area contributed by atoms with Crippen LogP contribution in [0, 0.1) is 0 Å². The fourth-order valence-corrected chi connectivity index (χ4v) is 5.12. The Bertz CT molecular complexity index is 1120. The molecule has 1 N–H and O–H groups in total. The van der Waals surface area contributed by atoms with Crippen LogP contribution in [0.4, 0.5) is 5.69 Å². The van der Waals surface area contributed by atoms with Crippen molar-refractivity contribution < 1.29 is 14.7 Å². The maximum Gasteiger partial charge on any atom is 0.335 e.